The van der Waals surface area contributed by atoms with Crippen molar-refractivity contribution in [2.24, 2.45) is 5.41 Å². The van der Waals surface area contributed by atoms with Crippen LogP contribution in [0.25, 0.3) is 0 Å². The minimum Gasteiger partial charge on any atom is -0.207 e. The number of benzene rings is 1. The van der Waals surface area contributed by atoms with Gasteiger partial charge in [0.25, 0.3) is 0 Å². The number of aryl methyl sites for hydroxylation is 1. The summed E-state index contributed by atoms with van der Waals surface area (Å²) in [5.41, 5.74) is 1.24. The lowest BCUT2D eigenvalue weighted by molar-refractivity contribution is 0.187. The topological polar surface area (TPSA) is 61.2 Å². The number of nitrogens with zero attached hydrogens (tertiary/aromatic N) is 2. The van der Waals surface area contributed by atoms with Crippen molar-refractivity contribution in [1.29, 1.82) is 5.26 Å². The number of rotatable bonds is 2. The maximum atomic E-state index is 12.7. The van der Waals surface area contributed by atoms with E-state index in [-0.39, 0.29) is 10.3 Å². The van der Waals surface area contributed by atoms with E-state index < -0.39 is 10.0 Å². The third-order valence-electron chi connectivity index (χ3n) is 3.82. The molecule has 0 aromatic heterocycles. The van der Waals surface area contributed by atoms with Gasteiger partial charge in [-0.3, -0.25) is 0 Å². The van der Waals surface area contributed by atoms with E-state index in [4.69, 9.17) is 5.26 Å². The molecule has 4 nitrogen and oxygen atoms in total. The standard InChI is InChI=1S/C15H20N2O2S/c1-12-9-14(6-5-13(12)10-16)20(18,19)17-8-4-7-15(2,3)11-17/h5-6,9H,4,7-8,11H2,1-3H3. The first kappa shape index (κ1) is 15.0. The van der Waals surface area contributed by atoms with Crippen LogP contribution in [-0.2, 0) is 10.0 Å². The van der Waals surface area contributed by atoms with Crippen molar-refractivity contribution in [3.8, 4) is 6.07 Å². The zero-order valence-electron chi connectivity index (χ0n) is 12.2. The second-order valence-electron chi connectivity index (χ2n) is 6.19. The molecule has 0 radical (unpaired) electrons. The van der Waals surface area contributed by atoms with Gasteiger partial charge in [0.2, 0.25) is 10.0 Å². The molecule has 5 heteroatoms. The molecule has 0 spiro atoms. The minimum absolute atomic E-state index is 0.0208. The second kappa shape index (κ2) is 5.19. The molecule has 0 bridgehead atoms. The third kappa shape index (κ3) is 2.87. The van der Waals surface area contributed by atoms with Crippen LogP contribution in [0.15, 0.2) is 23.1 Å². The van der Waals surface area contributed by atoms with Gasteiger partial charge in [-0.05, 0) is 48.9 Å². The fourth-order valence-corrected chi connectivity index (χ4v) is 4.40. The molecule has 1 aromatic rings. The van der Waals surface area contributed by atoms with E-state index in [1.807, 2.05) is 0 Å². The largest absolute Gasteiger partial charge is 0.243 e. The first-order chi connectivity index (χ1) is 9.26. The fourth-order valence-electron chi connectivity index (χ4n) is 2.65. The van der Waals surface area contributed by atoms with Gasteiger partial charge < -0.3 is 0 Å². The smallest absolute Gasteiger partial charge is 0.207 e. The molecule has 1 heterocycles. The Labute approximate surface area is 121 Å². The number of sulfonamides is 1. The van der Waals surface area contributed by atoms with Crippen LogP contribution in [0.5, 0.6) is 0 Å². The first-order valence-electron chi connectivity index (χ1n) is 6.77. The molecule has 0 amide bonds. The van der Waals surface area contributed by atoms with Crippen LogP contribution in [0.3, 0.4) is 0 Å². The molecule has 1 aliphatic rings. The SMILES string of the molecule is Cc1cc(S(=O)(=O)N2CCCC(C)(C)C2)ccc1C#N. The Morgan fingerprint density at radius 3 is 2.60 bits per heavy atom. The van der Waals surface area contributed by atoms with Gasteiger partial charge in [0.1, 0.15) is 0 Å². The van der Waals surface area contributed by atoms with Gasteiger partial charge in [-0.25, -0.2) is 8.42 Å². The van der Waals surface area contributed by atoms with E-state index in [9.17, 15) is 8.42 Å². The summed E-state index contributed by atoms with van der Waals surface area (Å²) in [4.78, 5) is 0.284. The van der Waals surface area contributed by atoms with E-state index in [2.05, 4.69) is 19.9 Å². The summed E-state index contributed by atoms with van der Waals surface area (Å²) in [6.07, 6.45) is 1.94. The maximum Gasteiger partial charge on any atom is 0.243 e. The predicted molar refractivity (Wildman–Crippen MR) is 77.7 cm³/mol. The average Bonchev–Trinajstić information content (AvgIpc) is 2.37. The van der Waals surface area contributed by atoms with Gasteiger partial charge in [0, 0.05) is 13.1 Å². The Kier molecular flexibility index (Phi) is 3.90. The Hall–Kier alpha value is -1.38. The molecule has 1 aromatic carbocycles. The Bertz CT molecular complexity index is 657. The minimum atomic E-state index is -3.46. The molecule has 1 saturated heterocycles. The van der Waals surface area contributed by atoms with E-state index >= 15 is 0 Å². The zero-order chi connectivity index (χ0) is 15.0. The summed E-state index contributed by atoms with van der Waals surface area (Å²) in [5.74, 6) is 0. The molecule has 1 fully saturated rings. The number of nitriles is 1. The first-order valence-corrected chi connectivity index (χ1v) is 8.21. The lowest BCUT2D eigenvalue weighted by atomic mass is 9.85. The molecule has 2 rings (SSSR count). The third-order valence-corrected chi connectivity index (χ3v) is 5.66. The molecule has 0 N–H and O–H groups in total. The normalized spacial score (nSPS) is 19.5. The Morgan fingerprint density at radius 2 is 2.05 bits per heavy atom. The lowest BCUT2D eigenvalue weighted by Gasteiger charge is -2.37. The maximum absolute atomic E-state index is 12.7. The monoisotopic (exact) mass is 292 g/mol. The molecular formula is C15H20N2O2S. The molecule has 0 saturated carbocycles. The van der Waals surface area contributed by atoms with Crippen LogP contribution in [0, 0.1) is 23.7 Å². The predicted octanol–water partition coefficient (Wildman–Crippen LogP) is 2.68. The van der Waals surface area contributed by atoms with E-state index in [1.54, 1.807) is 23.4 Å². The number of piperidine rings is 1. The van der Waals surface area contributed by atoms with Gasteiger partial charge in [-0.15, -0.1) is 0 Å². The highest BCUT2D eigenvalue weighted by atomic mass is 32.2. The highest BCUT2D eigenvalue weighted by Gasteiger charge is 2.34. The van der Waals surface area contributed by atoms with Crippen LogP contribution < -0.4 is 0 Å². The molecule has 0 atom stereocenters. The van der Waals surface area contributed by atoms with Gasteiger partial charge in [0.05, 0.1) is 16.5 Å². The van der Waals surface area contributed by atoms with Crippen molar-refractivity contribution in [2.75, 3.05) is 13.1 Å². The van der Waals surface area contributed by atoms with Gasteiger partial charge in [0.15, 0.2) is 0 Å². The second-order valence-corrected chi connectivity index (χ2v) is 8.13. The summed E-state index contributed by atoms with van der Waals surface area (Å²) in [5, 5.41) is 8.92. The van der Waals surface area contributed by atoms with Crippen LogP contribution in [0.4, 0.5) is 0 Å². The van der Waals surface area contributed by atoms with Crippen LogP contribution in [0.2, 0.25) is 0 Å². The highest BCUT2D eigenvalue weighted by Crippen LogP contribution is 2.32. The van der Waals surface area contributed by atoms with Crippen LogP contribution in [0.1, 0.15) is 37.8 Å². The summed E-state index contributed by atoms with van der Waals surface area (Å²) in [6.45, 7) is 7.08. The molecular weight excluding hydrogens is 272 g/mol. The van der Waals surface area contributed by atoms with Crippen molar-refractivity contribution in [2.45, 2.75) is 38.5 Å². The number of hydrogen-bond acceptors (Lipinski definition) is 3. The van der Waals surface area contributed by atoms with Gasteiger partial charge in [-0.1, -0.05) is 13.8 Å². The summed E-state index contributed by atoms with van der Waals surface area (Å²) >= 11 is 0. The molecule has 0 aliphatic carbocycles. The highest BCUT2D eigenvalue weighted by molar-refractivity contribution is 7.89. The van der Waals surface area contributed by atoms with E-state index in [0.717, 1.165) is 12.8 Å². The molecule has 1 aliphatic heterocycles. The van der Waals surface area contributed by atoms with E-state index in [1.165, 1.54) is 6.07 Å². The summed E-state index contributed by atoms with van der Waals surface area (Å²) < 4.78 is 26.9. The molecule has 108 valence electrons. The Morgan fingerprint density at radius 1 is 1.35 bits per heavy atom. The summed E-state index contributed by atoms with van der Waals surface area (Å²) in [7, 11) is -3.46. The van der Waals surface area contributed by atoms with Crippen LogP contribution in [-0.4, -0.2) is 25.8 Å². The van der Waals surface area contributed by atoms with Crippen molar-refractivity contribution >= 4 is 10.0 Å². The van der Waals surface area contributed by atoms with Crippen molar-refractivity contribution in [1.82, 2.24) is 4.31 Å². The van der Waals surface area contributed by atoms with Crippen molar-refractivity contribution in [3.63, 3.8) is 0 Å². The summed E-state index contributed by atoms with van der Waals surface area (Å²) in [6, 6.07) is 6.76. The molecule has 20 heavy (non-hydrogen) atoms. The van der Waals surface area contributed by atoms with E-state index in [0.29, 0.717) is 24.2 Å². The quantitative estimate of drug-likeness (QED) is 0.842. The average molecular weight is 292 g/mol. The van der Waals surface area contributed by atoms with Crippen molar-refractivity contribution < 1.29 is 8.42 Å². The van der Waals surface area contributed by atoms with Crippen molar-refractivity contribution in [3.05, 3.63) is 29.3 Å². The molecule has 0 unspecified atom stereocenters. The van der Waals surface area contributed by atoms with Gasteiger partial charge in [-0.2, -0.15) is 9.57 Å². The lowest BCUT2D eigenvalue weighted by Crippen LogP contribution is -2.43. The zero-order valence-corrected chi connectivity index (χ0v) is 13.0. The fraction of sp³-hybridized carbons (Fsp3) is 0.533. The number of hydrogen-bond donors (Lipinski definition) is 0. The van der Waals surface area contributed by atoms with Crippen LogP contribution >= 0.6 is 0 Å². The van der Waals surface area contributed by atoms with Gasteiger partial charge >= 0.3 is 0 Å². The Balaban J connectivity index is 2.36.